The van der Waals surface area contributed by atoms with Gasteiger partial charge in [-0.2, -0.15) is 0 Å². The van der Waals surface area contributed by atoms with Gasteiger partial charge in [-0.3, -0.25) is 9.97 Å². The molecular formula is C37H28N2. The summed E-state index contributed by atoms with van der Waals surface area (Å²) in [7, 11) is 0. The van der Waals surface area contributed by atoms with Crippen LogP contribution >= 0.6 is 0 Å². The zero-order valence-electron chi connectivity index (χ0n) is 22.1. The molecule has 0 atom stereocenters. The minimum Gasteiger partial charge on any atom is -0.256 e. The Kier molecular flexibility index (Phi) is 5.49. The SMILES string of the molecule is CC1(C)c2cc(-c3ccc(-c4ccccn4)cc3)ccc2-c2ccc(-c3ccc(-c4ccccn4)cc3)cc21. The smallest absolute Gasteiger partial charge is 0.0701 e. The fourth-order valence-electron chi connectivity index (χ4n) is 5.83. The molecule has 0 saturated heterocycles. The number of nitrogens with zero attached hydrogens (tertiary/aromatic N) is 2. The monoisotopic (exact) mass is 500 g/mol. The first-order chi connectivity index (χ1) is 19.1. The fraction of sp³-hybridized carbons (Fsp3) is 0.0811. The van der Waals surface area contributed by atoms with Crippen LogP contribution in [0.1, 0.15) is 25.0 Å². The second-order valence-corrected chi connectivity index (χ2v) is 10.7. The average Bonchev–Trinajstić information content (AvgIpc) is 3.23. The van der Waals surface area contributed by atoms with E-state index < -0.39 is 0 Å². The topological polar surface area (TPSA) is 25.8 Å². The number of benzene rings is 4. The fourth-order valence-corrected chi connectivity index (χ4v) is 5.83. The third-order valence-electron chi connectivity index (χ3n) is 8.03. The van der Waals surface area contributed by atoms with Crippen LogP contribution in [0.15, 0.2) is 134 Å². The summed E-state index contributed by atoms with van der Waals surface area (Å²) in [6, 6.07) is 43.4. The van der Waals surface area contributed by atoms with Gasteiger partial charge >= 0.3 is 0 Å². The van der Waals surface area contributed by atoms with E-state index in [1.54, 1.807) is 0 Å². The van der Waals surface area contributed by atoms with Crippen molar-refractivity contribution < 1.29 is 0 Å². The number of fused-ring (bicyclic) bond motifs is 3. The van der Waals surface area contributed by atoms with Crippen molar-refractivity contribution in [1.29, 1.82) is 0 Å². The third-order valence-corrected chi connectivity index (χ3v) is 8.03. The van der Waals surface area contributed by atoms with E-state index in [4.69, 9.17) is 0 Å². The van der Waals surface area contributed by atoms with E-state index in [0.717, 1.165) is 22.5 Å². The molecule has 39 heavy (non-hydrogen) atoms. The molecule has 2 heterocycles. The van der Waals surface area contributed by atoms with Crippen LogP contribution in [-0.2, 0) is 5.41 Å². The lowest BCUT2D eigenvalue weighted by Crippen LogP contribution is -2.15. The van der Waals surface area contributed by atoms with Crippen LogP contribution in [0, 0.1) is 0 Å². The van der Waals surface area contributed by atoms with Gasteiger partial charge in [-0.15, -0.1) is 0 Å². The van der Waals surface area contributed by atoms with Gasteiger partial charge < -0.3 is 0 Å². The molecule has 0 saturated carbocycles. The quantitative estimate of drug-likeness (QED) is 0.241. The Labute approximate surface area is 229 Å². The van der Waals surface area contributed by atoms with Gasteiger partial charge in [-0.25, -0.2) is 0 Å². The number of aromatic nitrogens is 2. The van der Waals surface area contributed by atoms with Crippen molar-refractivity contribution in [2.45, 2.75) is 19.3 Å². The average molecular weight is 501 g/mol. The first kappa shape index (κ1) is 23.3. The van der Waals surface area contributed by atoms with Gasteiger partial charge in [0.15, 0.2) is 0 Å². The Morgan fingerprint density at radius 1 is 0.410 bits per heavy atom. The van der Waals surface area contributed by atoms with Crippen molar-refractivity contribution in [2.24, 2.45) is 0 Å². The van der Waals surface area contributed by atoms with E-state index in [-0.39, 0.29) is 5.41 Å². The highest BCUT2D eigenvalue weighted by Crippen LogP contribution is 2.50. The van der Waals surface area contributed by atoms with E-state index in [1.807, 2.05) is 48.8 Å². The minimum absolute atomic E-state index is 0.0848. The van der Waals surface area contributed by atoms with Crippen LogP contribution in [0.5, 0.6) is 0 Å². The summed E-state index contributed by atoms with van der Waals surface area (Å²) in [5.41, 5.74) is 14.5. The van der Waals surface area contributed by atoms with Gasteiger partial charge in [0.05, 0.1) is 11.4 Å². The van der Waals surface area contributed by atoms with Crippen LogP contribution in [-0.4, -0.2) is 9.97 Å². The molecule has 2 aromatic heterocycles. The Morgan fingerprint density at radius 3 is 1.18 bits per heavy atom. The Bertz CT molecular complexity index is 1650. The van der Waals surface area contributed by atoms with Crippen molar-refractivity contribution >= 4 is 0 Å². The van der Waals surface area contributed by atoms with Gasteiger partial charge in [-0.1, -0.05) is 98.8 Å². The van der Waals surface area contributed by atoms with Gasteiger partial charge in [-0.05, 0) is 80.9 Å². The maximum absolute atomic E-state index is 4.48. The lowest BCUT2D eigenvalue weighted by molar-refractivity contribution is 0.661. The van der Waals surface area contributed by atoms with Crippen molar-refractivity contribution in [3.63, 3.8) is 0 Å². The summed E-state index contributed by atoms with van der Waals surface area (Å²) in [6.07, 6.45) is 3.68. The summed E-state index contributed by atoms with van der Waals surface area (Å²) in [5, 5.41) is 0. The van der Waals surface area contributed by atoms with Crippen molar-refractivity contribution in [2.75, 3.05) is 0 Å². The molecule has 186 valence electrons. The molecular weight excluding hydrogens is 472 g/mol. The minimum atomic E-state index is -0.0848. The molecule has 0 aliphatic heterocycles. The van der Waals surface area contributed by atoms with E-state index in [2.05, 4.69) is 109 Å². The second-order valence-electron chi connectivity index (χ2n) is 10.7. The molecule has 1 aliphatic carbocycles. The first-order valence-electron chi connectivity index (χ1n) is 13.4. The molecule has 0 N–H and O–H groups in total. The highest BCUT2D eigenvalue weighted by molar-refractivity contribution is 5.86. The zero-order chi connectivity index (χ0) is 26.4. The predicted octanol–water partition coefficient (Wildman–Crippen LogP) is 9.45. The highest BCUT2D eigenvalue weighted by Gasteiger charge is 2.35. The highest BCUT2D eigenvalue weighted by atomic mass is 14.7. The Hall–Kier alpha value is -4.82. The van der Waals surface area contributed by atoms with E-state index in [9.17, 15) is 0 Å². The summed E-state index contributed by atoms with van der Waals surface area (Å²) >= 11 is 0. The summed E-state index contributed by atoms with van der Waals surface area (Å²) in [6.45, 7) is 4.69. The summed E-state index contributed by atoms with van der Waals surface area (Å²) in [4.78, 5) is 8.97. The summed E-state index contributed by atoms with van der Waals surface area (Å²) < 4.78 is 0. The Balaban J connectivity index is 1.20. The molecule has 2 heteroatoms. The van der Waals surface area contributed by atoms with Crippen LogP contribution in [0.3, 0.4) is 0 Å². The van der Waals surface area contributed by atoms with Crippen molar-refractivity contribution in [3.05, 3.63) is 145 Å². The molecule has 7 rings (SSSR count). The molecule has 4 aromatic carbocycles. The molecule has 0 unspecified atom stereocenters. The molecule has 0 fully saturated rings. The Morgan fingerprint density at radius 2 is 0.795 bits per heavy atom. The van der Waals surface area contributed by atoms with Crippen molar-refractivity contribution in [1.82, 2.24) is 9.97 Å². The van der Waals surface area contributed by atoms with Gasteiger partial charge in [0.1, 0.15) is 0 Å². The third kappa shape index (κ3) is 4.06. The molecule has 2 nitrogen and oxygen atoms in total. The first-order valence-corrected chi connectivity index (χ1v) is 13.4. The maximum Gasteiger partial charge on any atom is 0.0701 e. The molecule has 0 bridgehead atoms. The zero-order valence-corrected chi connectivity index (χ0v) is 22.1. The van der Waals surface area contributed by atoms with E-state index in [1.165, 1.54) is 44.5 Å². The number of rotatable bonds is 4. The van der Waals surface area contributed by atoms with Crippen LogP contribution < -0.4 is 0 Å². The van der Waals surface area contributed by atoms with Gasteiger partial charge in [0, 0.05) is 28.9 Å². The second kappa shape index (κ2) is 9.18. The van der Waals surface area contributed by atoms with Crippen molar-refractivity contribution in [3.8, 4) is 55.9 Å². The molecule has 0 amide bonds. The summed E-state index contributed by atoms with van der Waals surface area (Å²) in [5.74, 6) is 0. The lowest BCUT2D eigenvalue weighted by Gasteiger charge is -2.22. The lowest BCUT2D eigenvalue weighted by atomic mass is 9.81. The van der Waals surface area contributed by atoms with E-state index in [0.29, 0.717) is 0 Å². The normalized spacial score (nSPS) is 13.1. The number of hydrogen-bond donors (Lipinski definition) is 0. The van der Waals surface area contributed by atoms with Gasteiger partial charge in [0.25, 0.3) is 0 Å². The van der Waals surface area contributed by atoms with Crippen LogP contribution in [0.2, 0.25) is 0 Å². The molecule has 1 aliphatic rings. The van der Waals surface area contributed by atoms with Gasteiger partial charge in [0.2, 0.25) is 0 Å². The molecule has 0 radical (unpaired) electrons. The largest absolute Gasteiger partial charge is 0.256 e. The molecule has 6 aromatic rings. The number of pyridine rings is 2. The van der Waals surface area contributed by atoms with Crippen LogP contribution in [0.25, 0.3) is 55.9 Å². The van der Waals surface area contributed by atoms with Crippen LogP contribution in [0.4, 0.5) is 0 Å². The van der Waals surface area contributed by atoms with E-state index >= 15 is 0 Å². The maximum atomic E-state index is 4.48. The number of hydrogen-bond acceptors (Lipinski definition) is 2. The standard InChI is InChI=1S/C37H28N2/c1-37(2)33-23-29(25-9-13-27(14-10-25)35-7-3-5-21-38-35)17-19-31(33)32-20-18-30(24-34(32)37)26-11-15-28(16-12-26)36-8-4-6-22-39-36/h3-24H,1-2H3. The predicted molar refractivity (Wildman–Crippen MR) is 161 cm³/mol. The molecule has 0 spiro atoms.